The Bertz CT molecular complexity index is 1260. The number of anilines is 1. The van der Waals surface area contributed by atoms with Gasteiger partial charge in [-0.3, -0.25) is 9.59 Å². The lowest BCUT2D eigenvalue weighted by molar-refractivity contribution is -0.126. The molecular weight excluding hydrogens is 435 g/mol. The first-order valence-corrected chi connectivity index (χ1v) is 11.9. The summed E-state index contributed by atoms with van der Waals surface area (Å²) in [7, 11) is -4.27. The Kier molecular flexibility index (Phi) is 5.40. The molecule has 0 saturated carbocycles. The molecule has 9 heteroatoms. The highest BCUT2D eigenvalue weighted by atomic mass is 32.2. The van der Waals surface area contributed by atoms with Gasteiger partial charge in [0.1, 0.15) is 28.2 Å². The summed E-state index contributed by atoms with van der Waals surface area (Å²) >= 11 is 0. The Morgan fingerprint density at radius 2 is 1.78 bits per heavy atom. The summed E-state index contributed by atoms with van der Waals surface area (Å²) in [5.74, 6) is -3.79. The summed E-state index contributed by atoms with van der Waals surface area (Å²) in [6.07, 6.45) is 2.16. The molecule has 0 radical (unpaired) electrons. The van der Waals surface area contributed by atoms with Gasteiger partial charge in [-0.15, -0.1) is 4.40 Å². The number of benzene rings is 2. The van der Waals surface area contributed by atoms with Crippen LogP contribution in [0.1, 0.15) is 55.5 Å². The zero-order chi connectivity index (χ0) is 23.3. The molecule has 2 aromatic rings. The van der Waals surface area contributed by atoms with Crippen molar-refractivity contribution in [2.24, 2.45) is 10.3 Å². The Morgan fingerprint density at radius 3 is 2.44 bits per heavy atom. The van der Waals surface area contributed by atoms with Crippen LogP contribution in [0.4, 0.5) is 10.1 Å². The molecule has 4 rings (SSSR count). The minimum Gasteiger partial charge on any atom is -0.508 e. The third-order valence-corrected chi connectivity index (χ3v) is 7.44. The van der Waals surface area contributed by atoms with Crippen LogP contribution in [0.15, 0.2) is 45.7 Å². The number of hydrogen-bond donors (Lipinski definition) is 2. The number of carbonyl (C=O) groups excluding carboxylic acids is 2. The number of phenolic OH excluding ortho intramolecular Hbond substituents is 1. The second-order valence-electron chi connectivity index (χ2n) is 8.19. The van der Waals surface area contributed by atoms with Gasteiger partial charge >= 0.3 is 0 Å². The number of phenols is 1. The normalized spacial score (nSPS) is 20.7. The van der Waals surface area contributed by atoms with Crippen molar-refractivity contribution in [1.82, 2.24) is 0 Å². The van der Waals surface area contributed by atoms with E-state index in [4.69, 9.17) is 0 Å². The topological polar surface area (TPSA) is 113 Å². The second kappa shape index (κ2) is 7.81. The van der Waals surface area contributed by atoms with Crippen LogP contribution in [0.3, 0.4) is 0 Å². The highest BCUT2D eigenvalue weighted by Gasteiger charge is 2.53. The summed E-state index contributed by atoms with van der Waals surface area (Å²) in [6, 6.07) is 7.52. The van der Waals surface area contributed by atoms with Gasteiger partial charge in [0.05, 0.1) is 11.1 Å². The van der Waals surface area contributed by atoms with Gasteiger partial charge in [-0.25, -0.2) is 4.39 Å². The minimum absolute atomic E-state index is 0.0786. The van der Waals surface area contributed by atoms with E-state index in [2.05, 4.69) is 9.71 Å². The van der Waals surface area contributed by atoms with Crippen LogP contribution in [-0.2, 0) is 20.2 Å². The van der Waals surface area contributed by atoms with Crippen molar-refractivity contribution in [3.63, 3.8) is 0 Å². The van der Waals surface area contributed by atoms with E-state index in [1.807, 2.05) is 13.8 Å². The molecule has 1 aliphatic carbocycles. The molecule has 0 aromatic heterocycles. The smallest absolute Gasteiger partial charge is 0.286 e. The SMILES string of the molecule is CCCC1(CCC)C(=O)C(C2=NS(=O)(=O)c3cc(O)ccc3N2)C(=O)c2cc(F)ccc21. The van der Waals surface area contributed by atoms with E-state index in [0.29, 0.717) is 31.2 Å². The van der Waals surface area contributed by atoms with Gasteiger partial charge in [-0.05, 0) is 42.7 Å². The van der Waals surface area contributed by atoms with Crippen LogP contribution in [0.25, 0.3) is 0 Å². The molecule has 1 atom stereocenters. The molecule has 0 spiro atoms. The maximum absolute atomic E-state index is 14.1. The highest BCUT2D eigenvalue weighted by molar-refractivity contribution is 7.90. The van der Waals surface area contributed by atoms with E-state index >= 15 is 0 Å². The van der Waals surface area contributed by atoms with Crippen molar-refractivity contribution in [3.05, 3.63) is 53.3 Å². The summed E-state index contributed by atoms with van der Waals surface area (Å²) in [5, 5.41) is 12.5. The van der Waals surface area contributed by atoms with Crippen LogP contribution in [0.5, 0.6) is 5.75 Å². The molecule has 0 fully saturated rings. The fourth-order valence-electron chi connectivity index (χ4n) is 4.86. The summed E-state index contributed by atoms with van der Waals surface area (Å²) in [4.78, 5) is 27.0. The highest BCUT2D eigenvalue weighted by Crippen LogP contribution is 2.45. The van der Waals surface area contributed by atoms with Crippen LogP contribution in [0, 0.1) is 11.7 Å². The maximum atomic E-state index is 14.1. The number of halogens is 1. The number of aromatic hydroxyl groups is 1. The lowest BCUT2D eigenvalue weighted by Crippen LogP contribution is -2.52. The van der Waals surface area contributed by atoms with E-state index in [-0.39, 0.29) is 27.7 Å². The monoisotopic (exact) mass is 458 g/mol. The number of nitrogens with zero attached hydrogens (tertiary/aromatic N) is 1. The largest absolute Gasteiger partial charge is 0.508 e. The average Bonchev–Trinajstić information content (AvgIpc) is 2.73. The zero-order valence-corrected chi connectivity index (χ0v) is 18.5. The van der Waals surface area contributed by atoms with Crippen molar-refractivity contribution in [2.75, 3.05) is 5.32 Å². The van der Waals surface area contributed by atoms with Crippen LogP contribution in [0.2, 0.25) is 0 Å². The molecule has 1 heterocycles. The lowest BCUT2D eigenvalue weighted by Gasteiger charge is -2.41. The Labute approximate surface area is 185 Å². The standard InChI is InChI=1S/C23H23FN2O5S/c1-3-9-23(10-4-2)16-7-5-13(24)11-15(16)20(28)19(21(23)29)22-25-17-8-6-14(27)12-18(17)32(30,31)26-22/h5-8,11-12,19,27H,3-4,9-10H2,1-2H3,(H,25,26). The molecular formula is C23H23FN2O5S. The van der Waals surface area contributed by atoms with Gasteiger partial charge in [-0.1, -0.05) is 32.8 Å². The van der Waals surface area contributed by atoms with Gasteiger partial charge in [0.15, 0.2) is 11.6 Å². The maximum Gasteiger partial charge on any atom is 0.286 e. The van der Waals surface area contributed by atoms with E-state index in [1.54, 1.807) is 0 Å². The quantitative estimate of drug-likeness (QED) is 0.518. The first kappa shape index (κ1) is 22.1. The van der Waals surface area contributed by atoms with E-state index < -0.39 is 38.7 Å². The number of ketones is 2. The van der Waals surface area contributed by atoms with Crippen molar-refractivity contribution >= 4 is 33.1 Å². The average molecular weight is 459 g/mol. The molecule has 1 aliphatic heterocycles. The van der Waals surface area contributed by atoms with Crippen LogP contribution in [-0.4, -0.2) is 30.9 Å². The first-order valence-electron chi connectivity index (χ1n) is 10.5. The molecule has 0 amide bonds. The fourth-order valence-corrected chi connectivity index (χ4v) is 6.03. The van der Waals surface area contributed by atoms with Crippen molar-refractivity contribution in [1.29, 1.82) is 0 Å². The second-order valence-corrected chi connectivity index (χ2v) is 9.76. The number of nitrogens with one attached hydrogen (secondary N) is 1. The van der Waals surface area contributed by atoms with Gasteiger partial charge in [0.2, 0.25) is 0 Å². The summed E-state index contributed by atoms with van der Waals surface area (Å²) < 4.78 is 43.4. The van der Waals surface area contributed by atoms with E-state index in [9.17, 15) is 27.5 Å². The Hall–Kier alpha value is -3.07. The number of sulfonamides is 1. The number of carbonyl (C=O) groups is 2. The van der Waals surface area contributed by atoms with Crippen molar-refractivity contribution < 1.29 is 27.5 Å². The Morgan fingerprint density at radius 1 is 1.09 bits per heavy atom. The molecule has 7 nitrogen and oxygen atoms in total. The van der Waals surface area contributed by atoms with Gasteiger partial charge in [0.25, 0.3) is 10.0 Å². The molecule has 2 N–H and O–H groups in total. The van der Waals surface area contributed by atoms with Crippen molar-refractivity contribution in [3.8, 4) is 5.75 Å². The van der Waals surface area contributed by atoms with Gasteiger partial charge in [-0.2, -0.15) is 8.42 Å². The number of hydrogen-bond acceptors (Lipinski definition) is 6. The molecule has 0 bridgehead atoms. The summed E-state index contributed by atoms with van der Waals surface area (Å²) in [6.45, 7) is 3.84. The molecule has 2 aromatic carbocycles. The van der Waals surface area contributed by atoms with Gasteiger partial charge in [0, 0.05) is 11.6 Å². The molecule has 0 saturated heterocycles. The van der Waals surface area contributed by atoms with Crippen LogP contribution >= 0.6 is 0 Å². The fraction of sp³-hybridized carbons (Fsp3) is 0.348. The van der Waals surface area contributed by atoms with Crippen LogP contribution < -0.4 is 5.32 Å². The van der Waals surface area contributed by atoms with E-state index in [0.717, 1.165) is 12.1 Å². The molecule has 168 valence electrons. The zero-order valence-electron chi connectivity index (χ0n) is 17.7. The van der Waals surface area contributed by atoms with Gasteiger partial charge < -0.3 is 10.4 Å². The molecule has 32 heavy (non-hydrogen) atoms. The lowest BCUT2D eigenvalue weighted by atomic mass is 9.60. The first-order chi connectivity index (χ1) is 15.1. The summed E-state index contributed by atoms with van der Waals surface area (Å²) in [5.41, 5.74) is -0.378. The number of rotatable bonds is 5. The Balaban J connectivity index is 1.92. The third-order valence-electron chi connectivity index (χ3n) is 6.11. The molecule has 1 unspecified atom stereocenters. The minimum atomic E-state index is -4.27. The predicted molar refractivity (Wildman–Crippen MR) is 117 cm³/mol. The predicted octanol–water partition coefficient (Wildman–Crippen LogP) is 3.96. The van der Waals surface area contributed by atoms with E-state index in [1.165, 1.54) is 24.3 Å². The number of fused-ring (bicyclic) bond motifs is 2. The van der Waals surface area contributed by atoms with Crippen molar-refractivity contribution in [2.45, 2.75) is 49.8 Å². The number of Topliss-reactive ketones (excluding diaryl/α,β-unsaturated/α-hetero) is 2. The molecule has 2 aliphatic rings. The third kappa shape index (κ3) is 3.31. The number of amidine groups is 1.